The number of hydrogen-bond acceptors (Lipinski definition) is 4. The van der Waals surface area contributed by atoms with E-state index < -0.39 is 21.8 Å². The van der Waals surface area contributed by atoms with Crippen molar-refractivity contribution >= 4 is 27.4 Å². The highest BCUT2D eigenvalue weighted by atomic mass is 32.2. The average Bonchev–Trinajstić information content (AvgIpc) is 2.67. The van der Waals surface area contributed by atoms with Crippen LogP contribution in [0.1, 0.15) is 18.9 Å². The molecule has 6 nitrogen and oxygen atoms in total. The SMILES string of the molecule is CCOCCCNC(=S)N1CCN(S(=O)(=O)c2cccc(C(F)(F)F)c2)CC1. The number of nitrogens with one attached hydrogen (secondary N) is 1. The molecule has 0 radical (unpaired) electrons. The van der Waals surface area contributed by atoms with Crippen LogP contribution in [-0.4, -0.2) is 68.7 Å². The van der Waals surface area contributed by atoms with E-state index in [0.717, 1.165) is 18.6 Å². The normalized spacial score (nSPS) is 16.2. The van der Waals surface area contributed by atoms with Crippen molar-refractivity contribution in [3.8, 4) is 0 Å². The lowest BCUT2D eigenvalue weighted by Crippen LogP contribution is -2.53. The Morgan fingerprint density at radius 3 is 2.54 bits per heavy atom. The summed E-state index contributed by atoms with van der Waals surface area (Å²) in [5.74, 6) is 0. The molecule has 1 aromatic carbocycles. The molecule has 0 unspecified atom stereocenters. The highest BCUT2D eigenvalue weighted by Crippen LogP contribution is 2.31. The summed E-state index contributed by atoms with van der Waals surface area (Å²) in [6.07, 6.45) is -3.79. The molecule has 1 aliphatic heterocycles. The van der Waals surface area contributed by atoms with Gasteiger partial charge < -0.3 is 15.0 Å². The van der Waals surface area contributed by atoms with Crippen molar-refractivity contribution in [1.29, 1.82) is 0 Å². The molecule has 0 spiro atoms. The van der Waals surface area contributed by atoms with Gasteiger partial charge in [-0.1, -0.05) is 6.07 Å². The summed E-state index contributed by atoms with van der Waals surface area (Å²) >= 11 is 5.32. The van der Waals surface area contributed by atoms with Gasteiger partial charge in [0.05, 0.1) is 10.5 Å². The minimum Gasteiger partial charge on any atom is -0.382 e. The van der Waals surface area contributed by atoms with Crippen LogP contribution in [0.3, 0.4) is 0 Å². The van der Waals surface area contributed by atoms with Gasteiger partial charge in [-0.3, -0.25) is 0 Å². The van der Waals surface area contributed by atoms with Crippen molar-refractivity contribution in [2.75, 3.05) is 45.9 Å². The van der Waals surface area contributed by atoms with Crippen LogP contribution in [0.15, 0.2) is 29.2 Å². The minimum atomic E-state index is -4.59. The highest BCUT2D eigenvalue weighted by molar-refractivity contribution is 7.89. The maximum atomic E-state index is 12.9. The van der Waals surface area contributed by atoms with E-state index in [2.05, 4.69) is 5.32 Å². The van der Waals surface area contributed by atoms with Crippen LogP contribution in [0.25, 0.3) is 0 Å². The van der Waals surface area contributed by atoms with Crippen molar-refractivity contribution in [2.45, 2.75) is 24.4 Å². The summed E-state index contributed by atoms with van der Waals surface area (Å²) in [7, 11) is -3.99. The standard InChI is InChI=1S/C17H24F3N3O3S2/c1-2-26-12-4-7-21-16(27)22-8-10-23(11-9-22)28(24,25)15-6-3-5-14(13-15)17(18,19)20/h3,5-6,13H,2,4,7-12H2,1H3,(H,21,27). The number of benzene rings is 1. The Kier molecular flexibility index (Phi) is 8.05. The quantitative estimate of drug-likeness (QED) is 0.520. The number of rotatable bonds is 7. The van der Waals surface area contributed by atoms with Crippen molar-refractivity contribution in [3.63, 3.8) is 0 Å². The van der Waals surface area contributed by atoms with Gasteiger partial charge in [-0.25, -0.2) is 8.42 Å². The zero-order valence-electron chi connectivity index (χ0n) is 15.5. The van der Waals surface area contributed by atoms with Crippen molar-refractivity contribution in [2.24, 2.45) is 0 Å². The van der Waals surface area contributed by atoms with E-state index in [4.69, 9.17) is 17.0 Å². The largest absolute Gasteiger partial charge is 0.416 e. The molecule has 1 heterocycles. The zero-order valence-corrected chi connectivity index (χ0v) is 17.2. The second-order valence-corrected chi connectivity index (χ2v) is 8.52. The van der Waals surface area contributed by atoms with Crippen LogP contribution in [-0.2, 0) is 20.9 Å². The van der Waals surface area contributed by atoms with Gasteiger partial charge >= 0.3 is 6.18 Å². The van der Waals surface area contributed by atoms with Gasteiger partial charge in [0.15, 0.2) is 5.11 Å². The van der Waals surface area contributed by atoms with Crippen molar-refractivity contribution < 1.29 is 26.3 Å². The van der Waals surface area contributed by atoms with E-state index in [1.807, 2.05) is 11.8 Å². The fraction of sp³-hybridized carbons (Fsp3) is 0.588. The number of alkyl halides is 3. The van der Waals surface area contributed by atoms with Crippen LogP contribution in [0, 0.1) is 0 Å². The Hall–Kier alpha value is -1.43. The number of piperazine rings is 1. The van der Waals surface area contributed by atoms with Gasteiger partial charge in [-0.2, -0.15) is 17.5 Å². The fourth-order valence-electron chi connectivity index (χ4n) is 2.74. The highest BCUT2D eigenvalue weighted by Gasteiger charge is 2.34. The maximum Gasteiger partial charge on any atom is 0.416 e. The van der Waals surface area contributed by atoms with Crippen LogP contribution in [0.2, 0.25) is 0 Å². The molecule has 0 bridgehead atoms. The number of nitrogens with zero attached hydrogens (tertiary/aromatic N) is 2. The lowest BCUT2D eigenvalue weighted by Gasteiger charge is -2.35. The molecule has 1 saturated heterocycles. The molecule has 0 amide bonds. The van der Waals surface area contributed by atoms with Gasteiger partial charge in [0, 0.05) is 45.9 Å². The summed E-state index contributed by atoms with van der Waals surface area (Å²) in [6.45, 7) is 4.91. The predicted octanol–water partition coefficient (Wildman–Crippen LogP) is 2.31. The zero-order chi connectivity index (χ0) is 20.8. The topological polar surface area (TPSA) is 61.9 Å². The summed E-state index contributed by atoms with van der Waals surface area (Å²) in [4.78, 5) is 1.50. The van der Waals surface area contributed by atoms with Gasteiger partial charge in [-0.15, -0.1) is 0 Å². The molecular weight excluding hydrogens is 415 g/mol. The van der Waals surface area contributed by atoms with E-state index in [1.165, 1.54) is 10.4 Å². The molecule has 1 aromatic rings. The Morgan fingerprint density at radius 1 is 1.25 bits per heavy atom. The van der Waals surface area contributed by atoms with E-state index >= 15 is 0 Å². The molecule has 0 atom stereocenters. The first-order valence-electron chi connectivity index (χ1n) is 8.94. The lowest BCUT2D eigenvalue weighted by atomic mass is 10.2. The first kappa shape index (κ1) is 22.9. The van der Waals surface area contributed by atoms with Gasteiger partial charge in [-0.05, 0) is 43.8 Å². The number of ether oxygens (including phenoxy) is 1. The van der Waals surface area contributed by atoms with Gasteiger partial charge in [0.1, 0.15) is 0 Å². The molecule has 28 heavy (non-hydrogen) atoms. The Bertz CT molecular complexity index is 764. The Morgan fingerprint density at radius 2 is 1.93 bits per heavy atom. The molecule has 2 rings (SSSR count). The first-order valence-corrected chi connectivity index (χ1v) is 10.8. The Balaban J connectivity index is 1.92. The molecule has 1 aliphatic rings. The molecule has 0 aliphatic carbocycles. The smallest absolute Gasteiger partial charge is 0.382 e. The van der Waals surface area contributed by atoms with Gasteiger partial charge in [0.25, 0.3) is 0 Å². The second-order valence-electron chi connectivity index (χ2n) is 6.20. The number of thiocarbonyl (C=S) groups is 1. The van der Waals surface area contributed by atoms with E-state index in [1.54, 1.807) is 0 Å². The molecule has 0 aromatic heterocycles. The maximum absolute atomic E-state index is 12.9. The average molecular weight is 440 g/mol. The molecule has 1 N–H and O–H groups in total. The summed E-state index contributed by atoms with van der Waals surface area (Å²) in [6, 6.07) is 3.81. The molecule has 0 saturated carbocycles. The number of hydrogen-bond donors (Lipinski definition) is 1. The van der Waals surface area contributed by atoms with Crippen LogP contribution < -0.4 is 5.32 Å². The van der Waals surface area contributed by atoms with Crippen LogP contribution >= 0.6 is 12.2 Å². The number of sulfonamides is 1. The molecule has 11 heteroatoms. The molecule has 1 fully saturated rings. The van der Waals surface area contributed by atoms with Crippen molar-refractivity contribution in [3.05, 3.63) is 29.8 Å². The second kappa shape index (κ2) is 9.86. The molecular formula is C17H24F3N3O3S2. The van der Waals surface area contributed by atoms with Crippen molar-refractivity contribution in [1.82, 2.24) is 14.5 Å². The third-order valence-electron chi connectivity index (χ3n) is 4.27. The van der Waals surface area contributed by atoms with E-state index in [9.17, 15) is 21.6 Å². The molecule has 158 valence electrons. The first-order chi connectivity index (χ1) is 13.2. The summed E-state index contributed by atoms with van der Waals surface area (Å²) < 4.78 is 70.4. The third kappa shape index (κ3) is 6.03. The Labute approximate surface area is 168 Å². The van der Waals surface area contributed by atoms with E-state index in [-0.39, 0.29) is 18.0 Å². The number of halogens is 3. The van der Waals surface area contributed by atoms with E-state index in [0.29, 0.717) is 44.0 Å². The van der Waals surface area contributed by atoms with Crippen LogP contribution in [0.5, 0.6) is 0 Å². The minimum absolute atomic E-state index is 0.152. The monoisotopic (exact) mass is 439 g/mol. The fourth-order valence-corrected chi connectivity index (χ4v) is 4.49. The van der Waals surface area contributed by atoms with Crippen LogP contribution in [0.4, 0.5) is 13.2 Å². The summed E-state index contributed by atoms with van der Waals surface area (Å²) in [5, 5.41) is 3.64. The third-order valence-corrected chi connectivity index (χ3v) is 6.57. The summed E-state index contributed by atoms with van der Waals surface area (Å²) in [5.41, 5.74) is -0.982. The lowest BCUT2D eigenvalue weighted by molar-refractivity contribution is -0.137. The van der Waals surface area contributed by atoms with Gasteiger partial charge in [0.2, 0.25) is 10.0 Å². The predicted molar refractivity (Wildman–Crippen MR) is 103 cm³/mol.